The summed E-state index contributed by atoms with van der Waals surface area (Å²) >= 11 is 0. The Morgan fingerprint density at radius 2 is 1.19 bits per heavy atom. The van der Waals surface area contributed by atoms with Gasteiger partial charge in [-0.15, -0.1) is 0 Å². The number of nitrogens with zero attached hydrogens (tertiary/aromatic N) is 1. The van der Waals surface area contributed by atoms with Crippen LogP contribution in [0, 0.1) is 0 Å². The molecule has 0 saturated carbocycles. The van der Waals surface area contributed by atoms with E-state index in [0.29, 0.717) is 17.5 Å². The second-order valence-electron chi connectivity index (χ2n) is 8.94. The van der Waals surface area contributed by atoms with Crippen LogP contribution in [0.2, 0.25) is 0 Å². The Balaban J connectivity index is 1.39. The Kier molecular flexibility index (Phi) is 6.46. The molecule has 4 aromatic carbocycles. The van der Waals surface area contributed by atoms with Crippen LogP contribution in [-0.2, 0) is 11.2 Å². The molecule has 0 aromatic heterocycles. The van der Waals surface area contributed by atoms with Gasteiger partial charge in [-0.3, -0.25) is 19.3 Å². The third-order valence-corrected chi connectivity index (χ3v) is 6.61. The van der Waals surface area contributed by atoms with Crippen molar-refractivity contribution in [2.45, 2.75) is 25.4 Å². The zero-order chi connectivity index (χ0) is 25.1. The Labute approximate surface area is 210 Å². The number of hydrogen-bond acceptors (Lipinski definition) is 3. The summed E-state index contributed by atoms with van der Waals surface area (Å²) in [5.41, 5.74) is 4.89. The molecule has 5 rings (SSSR count). The van der Waals surface area contributed by atoms with Crippen LogP contribution in [0.4, 0.5) is 0 Å². The van der Waals surface area contributed by atoms with Gasteiger partial charge in [0.2, 0.25) is 5.91 Å². The Bertz CT molecular complexity index is 1360. The lowest BCUT2D eigenvalue weighted by atomic mass is 9.96. The summed E-state index contributed by atoms with van der Waals surface area (Å²) in [6.07, 6.45) is 0.575. The van der Waals surface area contributed by atoms with Crippen molar-refractivity contribution < 1.29 is 14.4 Å². The summed E-state index contributed by atoms with van der Waals surface area (Å²) in [4.78, 5) is 40.2. The maximum atomic E-state index is 13.4. The van der Waals surface area contributed by atoms with E-state index < -0.39 is 17.9 Å². The van der Waals surface area contributed by atoms with Gasteiger partial charge in [0.05, 0.1) is 17.2 Å². The van der Waals surface area contributed by atoms with Gasteiger partial charge in [0, 0.05) is 0 Å². The number of nitrogens with one attached hydrogen (secondary N) is 1. The fourth-order valence-electron chi connectivity index (χ4n) is 4.61. The van der Waals surface area contributed by atoms with Crippen molar-refractivity contribution in [3.8, 4) is 11.1 Å². The van der Waals surface area contributed by atoms with Crippen molar-refractivity contribution >= 4 is 17.7 Å². The van der Waals surface area contributed by atoms with Crippen LogP contribution in [-0.4, -0.2) is 28.7 Å². The first-order chi connectivity index (χ1) is 17.5. The highest BCUT2D eigenvalue weighted by Gasteiger charge is 2.41. The molecule has 1 N–H and O–H groups in total. The SMILES string of the molecule is C[C@H](C(=O)N[C@H](Cc1ccccc1)c1ccc(-c2ccccc2)cc1)N1C(=O)c2ccccc2C1=O. The lowest BCUT2D eigenvalue weighted by Gasteiger charge is -2.26. The number of imide groups is 1. The minimum absolute atomic E-state index is 0.331. The quantitative estimate of drug-likeness (QED) is 0.363. The zero-order valence-corrected chi connectivity index (χ0v) is 19.9. The van der Waals surface area contributed by atoms with Crippen LogP contribution in [0.1, 0.15) is 44.8 Å². The van der Waals surface area contributed by atoms with E-state index >= 15 is 0 Å². The third kappa shape index (κ3) is 4.56. The van der Waals surface area contributed by atoms with Crippen molar-refractivity contribution in [2.75, 3.05) is 0 Å². The second-order valence-corrected chi connectivity index (χ2v) is 8.94. The summed E-state index contributed by atoms with van der Waals surface area (Å²) < 4.78 is 0. The summed E-state index contributed by atoms with van der Waals surface area (Å²) in [5, 5.41) is 3.10. The van der Waals surface area contributed by atoms with Crippen molar-refractivity contribution in [3.63, 3.8) is 0 Å². The van der Waals surface area contributed by atoms with Crippen molar-refractivity contribution in [3.05, 3.63) is 131 Å². The molecule has 4 aromatic rings. The predicted molar refractivity (Wildman–Crippen MR) is 139 cm³/mol. The van der Waals surface area contributed by atoms with Crippen molar-refractivity contribution in [1.82, 2.24) is 10.2 Å². The van der Waals surface area contributed by atoms with E-state index in [1.807, 2.05) is 72.8 Å². The van der Waals surface area contributed by atoms with Crippen LogP contribution in [0.15, 0.2) is 109 Å². The van der Waals surface area contributed by atoms with E-state index in [9.17, 15) is 14.4 Å². The normalized spacial score (nSPS) is 14.3. The van der Waals surface area contributed by atoms with Crippen molar-refractivity contribution in [2.24, 2.45) is 0 Å². The molecule has 2 atom stereocenters. The number of fused-ring (bicyclic) bond motifs is 1. The molecule has 1 aliphatic heterocycles. The van der Waals surface area contributed by atoms with E-state index in [4.69, 9.17) is 0 Å². The first kappa shape index (κ1) is 23.2. The molecule has 0 unspecified atom stereocenters. The van der Waals surface area contributed by atoms with Gasteiger partial charge in [0.25, 0.3) is 11.8 Å². The number of carbonyl (C=O) groups excluding carboxylic acids is 3. The van der Waals surface area contributed by atoms with E-state index in [1.165, 1.54) is 0 Å². The second kappa shape index (κ2) is 10.0. The highest BCUT2D eigenvalue weighted by Crippen LogP contribution is 2.27. The lowest BCUT2D eigenvalue weighted by Crippen LogP contribution is -2.48. The largest absolute Gasteiger partial charge is 0.347 e. The molecular weight excluding hydrogens is 448 g/mol. The first-order valence-electron chi connectivity index (χ1n) is 12.0. The van der Waals surface area contributed by atoms with E-state index in [2.05, 4.69) is 17.4 Å². The predicted octanol–water partition coefficient (Wildman–Crippen LogP) is 5.44. The van der Waals surface area contributed by atoms with Crippen LogP contribution in [0.5, 0.6) is 0 Å². The molecule has 0 bridgehead atoms. The average molecular weight is 475 g/mol. The fourth-order valence-corrected chi connectivity index (χ4v) is 4.61. The Morgan fingerprint density at radius 3 is 1.78 bits per heavy atom. The summed E-state index contributed by atoms with van der Waals surface area (Å²) in [6, 6.07) is 33.5. The third-order valence-electron chi connectivity index (χ3n) is 6.61. The van der Waals surface area contributed by atoms with Gasteiger partial charge >= 0.3 is 0 Å². The molecule has 1 heterocycles. The van der Waals surface area contributed by atoms with E-state index in [0.717, 1.165) is 27.2 Å². The van der Waals surface area contributed by atoms with Gasteiger partial charge in [-0.05, 0) is 47.7 Å². The van der Waals surface area contributed by atoms with E-state index in [1.54, 1.807) is 31.2 Å². The molecular formula is C31H26N2O3. The topological polar surface area (TPSA) is 66.5 Å². The molecule has 3 amide bonds. The molecule has 0 saturated heterocycles. The maximum Gasteiger partial charge on any atom is 0.262 e. The van der Waals surface area contributed by atoms with E-state index in [-0.39, 0.29) is 11.9 Å². The molecule has 178 valence electrons. The molecule has 5 nitrogen and oxygen atoms in total. The lowest BCUT2D eigenvalue weighted by molar-refractivity contribution is -0.125. The van der Waals surface area contributed by atoms with Gasteiger partial charge in [0.1, 0.15) is 6.04 Å². The Morgan fingerprint density at radius 1 is 0.694 bits per heavy atom. The number of rotatable bonds is 7. The summed E-state index contributed by atoms with van der Waals surface area (Å²) in [5.74, 6) is -1.26. The highest BCUT2D eigenvalue weighted by molar-refractivity contribution is 6.22. The van der Waals surface area contributed by atoms with Crippen LogP contribution in [0.3, 0.4) is 0 Å². The maximum absolute atomic E-state index is 13.4. The van der Waals surface area contributed by atoms with Gasteiger partial charge in [-0.2, -0.15) is 0 Å². The molecule has 36 heavy (non-hydrogen) atoms. The summed E-state index contributed by atoms with van der Waals surface area (Å²) in [6.45, 7) is 1.59. The highest BCUT2D eigenvalue weighted by atomic mass is 16.2. The minimum Gasteiger partial charge on any atom is -0.347 e. The first-order valence-corrected chi connectivity index (χ1v) is 12.0. The molecule has 5 heteroatoms. The molecule has 1 aliphatic rings. The van der Waals surface area contributed by atoms with Gasteiger partial charge in [-0.1, -0.05) is 97.1 Å². The monoisotopic (exact) mass is 474 g/mol. The average Bonchev–Trinajstić information content (AvgIpc) is 3.18. The smallest absolute Gasteiger partial charge is 0.262 e. The summed E-state index contributed by atoms with van der Waals surface area (Å²) in [7, 11) is 0. The molecule has 0 radical (unpaired) electrons. The Hall–Kier alpha value is -4.51. The van der Waals surface area contributed by atoms with Crippen LogP contribution >= 0.6 is 0 Å². The van der Waals surface area contributed by atoms with Gasteiger partial charge < -0.3 is 5.32 Å². The molecule has 0 fully saturated rings. The molecule has 0 aliphatic carbocycles. The number of amides is 3. The number of benzene rings is 4. The van der Waals surface area contributed by atoms with Gasteiger partial charge in [0.15, 0.2) is 0 Å². The minimum atomic E-state index is -0.945. The van der Waals surface area contributed by atoms with Crippen LogP contribution in [0.25, 0.3) is 11.1 Å². The fraction of sp³-hybridized carbons (Fsp3) is 0.129. The zero-order valence-electron chi connectivity index (χ0n) is 19.9. The number of hydrogen-bond donors (Lipinski definition) is 1. The standard InChI is InChI=1S/C31H26N2O3/c1-21(33-30(35)26-14-8-9-15-27(26)31(33)36)29(34)32-28(20-22-10-4-2-5-11-22)25-18-16-24(17-19-25)23-12-6-3-7-13-23/h2-19,21,28H,20H2,1H3,(H,32,34)/t21-,28-/m1/s1. The number of carbonyl (C=O) groups is 3. The van der Waals surface area contributed by atoms with Gasteiger partial charge in [-0.25, -0.2) is 0 Å². The molecule has 0 spiro atoms. The van der Waals surface area contributed by atoms with Crippen molar-refractivity contribution in [1.29, 1.82) is 0 Å². The van der Waals surface area contributed by atoms with Crippen LogP contribution < -0.4 is 5.32 Å².